The van der Waals surface area contributed by atoms with Gasteiger partial charge in [0.2, 0.25) is 0 Å². The quantitative estimate of drug-likeness (QED) is 0.362. The van der Waals surface area contributed by atoms with Gasteiger partial charge in [-0.25, -0.2) is 0 Å². The van der Waals surface area contributed by atoms with E-state index in [0.29, 0.717) is 0 Å². The molecule has 0 spiro atoms. The van der Waals surface area contributed by atoms with Crippen LogP contribution in [0.1, 0.15) is 1.43 Å². The average Bonchev–Trinajstić information content (AvgIpc) is 2.04. The van der Waals surface area contributed by atoms with Crippen LogP contribution in [0.25, 0.3) is 0 Å². The number of rotatable bonds is 3. The van der Waals surface area contributed by atoms with Gasteiger partial charge in [0.05, 0.1) is 0 Å². The maximum absolute atomic E-state index is 10.7. The Balaban J connectivity index is 0. The molecular formula is C7H7KO5S. The second kappa shape index (κ2) is 5.96. The molecule has 0 radical (unpaired) electrons. The average molecular weight is 242 g/mol. The Labute approximate surface area is 125 Å². The molecule has 0 atom stereocenters. The van der Waals surface area contributed by atoms with E-state index in [9.17, 15) is 13.2 Å². The molecular weight excluding hydrogens is 235 g/mol. The largest absolute Gasteiger partial charge is 1.00 e. The van der Waals surface area contributed by atoms with E-state index < -0.39 is 15.0 Å². The van der Waals surface area contributed by atoms with Crippen molar-refractivity contribution in [2.45, 2.75) is 4.90 Å². The normalized spacial score (nSPS) is 10.1. The first-order chi connectivity index (χ1) is 6.05. The van der Waals surface area contributed by atoms with E-state index in [4.69, 9.17) is 4.55 Å². The van der Waals surface area contributed by atoms with E-state index in [-0.39, 0.29) is 65.0 Å². The van der Waals surface area contributed by atoms with Crippen molar-refractivity contribution >= 4 is 16.6 Å². The third-order valence-electron chi connectivity index (χ3n) is 1.30. The van der Waals surface area contributed by atoms with Gasteiger partial charge in [-0.1, -0.05) is 12.1 Å². The Kier molecular flexibility index (Phi) is 6.06. The van der Waals surface area contributed by atoms with Gasteiger partial charge in [-0.15, -0.1) is 0 Å². The first-order valence-corrected chi connectivity index (χ1v) is 4.66. The van der Waals surface area contributed by atoms with Crippen LogP contribution in [0.5, 0.6) is 5.75 Å². The molecule has 0 saturated carbocycles. The van der Waals surface area contributed by atoms with Gasteiger partial charge in [-0.2, -0.15) is 8.42 Å². The fourth-order valence-electron chi connectivity index (χ4n) is 0.812. The standard InChI is InChI=1S/C7H6O5S.K.H/c8-5-12-6-3-1-2-4-7(6)13(9,10)11;;/h1-5H,(H,9,10,11);;/q;+1;-1. The molecule has 7 heteroatoms. The topological polar surface area (TPSA) is 80.7 Å². The van der Waals surface area contributed by atoms with Crippen LogP contribution in [0.2, 0.25) is 0 Å². The number of carbonyl (C=O) groups is 1. The fourth-order valence-corrected chi connectivity index (χ4v) is 1.43. The molecule has 0 saturated heterocycles. The smallest absolute Gasteiger partial charge is 1.00 e. The molecule has 0 bridgehead atoms. The first-order valence-electron chi connectivity index (χ1n) is 3.22. The van der Waals surface area contributed by atoms with Crippen LogP contribution >= 0.6 is 0 Å². The number of hydrogen-bond acceptors (Lipinski definition) is 4. The molecule has 14 heavy (non-hydrogen) atoms. The van der Waals surface area contributed by atoms with Crippen LogP contribution in [-0.2, 0) is 14.9 Å². The Morgan fingerprint density at radius 1 is 1.36 bits per heavy atom. The molecule has 0 aliphatic carbocycles. The third kappa shape index (κ3) is 3.77. The minimum atomic E-state index is -4.34. The van der Waals surface area contributed by atoms with Crippen LogP contribution in [0, 0.1) is 0 Å². The molecule has 1 aromatic carbocycles. The van der Waals surface area contributed by atoms with Crippen molar-refractivity contribution in [1.29, 1.82) is 0 Å². The Morgan fingerprint density at radius 2 is 1.93 bits per heavy atom. The molecule has 0 aliphatic rings. The van der Waals surface area contributed by atoms with E-state index in [1.54, 1.807) is 0 Å². The molecule has 0 fully saturated rings. The van der Waals surface area contributed by atoms with Crippen molar-refractivity contribution in [3.63, 3.8) is 0 Å². The van der Waals surface area contributed by atoms with Crippen molar-refractivity contribution in [2.24, 2.45) is 0 Å². The van der Waals surface area contributed by atoms with Gasteiger partial charge in [0.25, 0.3) is 16.6 Å². The molecule has 5 nitrogen and oxygen atoms in total. The zero-order valence-electron chi connectivity index (χ0n) is 8.38. The zero-order valence-corrected chi connectivity index (χ0v) is 11.3. The molecule has 0 aromatic heterocycles. The second-order valence-corrected chi connectivity index (χ2v) is 3.53. The minimum Gasteiger partial charge on any atom is -1.00 e. The Bertz CT molecular complexity index is 419. The van der Waals surface area contributed by atoms with E-state index in [0.717, 1.165) is 6.07 Å². The SMILES string of the molecule is O=COc1ccccc1S(=O)(=O)O.[H-].[K+]. The predicted octanol–water partition coefficient (Wildman–Crippen LogP) is -2.41. The maximum Gasteiger partial charge on any atom is 1.00 e. The van der Waals surface area contributed by atoms with Gasteiger partial charge in [-0.3, -0.25) is 9.35 Å². The molecule has 0 unspecified atom stereocenters. The summed E-state index contributed by atoms with van der Waals surface area (Å²) in [6.45, 7) is 0.0873. The van der Waals surface area contributed by atoms with Crippen molar-refractivity contribution in [3.8, 4) is 5.75 Å². The third-order valence-corrected chi connectivity index (χ3v) is 2.20. The molecule has 0 heterocycles. The monoisotopic (exact) mass is 242 g/mol. The summed E-state index contributed by atoms with van der Waals surface area (Å²) in [7, 11) is -4.34. The van der Waals surface area contributed by atoms with Crippen LogP contribution < -0.4 is 56.1 Å². The fraction of sp³-hybridized carbons (Fsp3) is 0. The summed E-state index contributed by atoms with van der Waals surface area (Å²) in [4.78, 5) is 9.53. The van der Waals surface area contributed by atoms with Crippen LogP contribution in [0.15, 0.2) is 29.2 Å². The summed E-state index contributed by atoms with van der Waals surface area (Å²) in [5.74, 6) is -0.194. The molecule has 0 aliphatic heterocycles. The molecule has 0 amide bonds. The van der Waals surface area contributed by atoms with Gasteiger partial charge in [0, 0.05) is 0 Å². The van der Waals surface area contributed by atoms with Gasteiger partial charge < -0.3 is 6.16 Å². The van der Waals surface area contributed by atoms with Gasteiger partial charge in [0.1, 0.15) is 4.90 Å². The molecule has 72 valence electrons. The maximum atomic E-state index is 10.7. The van der Waals surface area contributed by atoms with Gasteiger partial charge >= 0.3 is 51.4 Å². The van der Waals surface area contributed by atoms with Crippen LogP contribution in [0.4, 0.5) is 0 Å². The summed E-state index contributed by atoms with van der Waals surface area (Å²) in [6, 6.07) is 5.28. The van der Waals surface area contributed by atoms with Gasteiger partial charge in [0.15, 0.2) is 5.75 Å². The minimum absolute atomic E-state index is 0. The van der Waals surface area contributed by atoms with Crippen molar-refractivity contribution < 1.29 is 75.3 Å². The van der Waals surface area contributed by atoms with Crippen LogP contribution in [-0.4, -0.2) is 19.4 Å². The summed E-state index contributed by atoms with van der Waals surface area (Å²) < 4.78 is 34.4. The number of carbonyl (C=O) groups excluding carboxylic acids is 1. The predicted molar refractivity (Wildman–Crippen MR) is 44.1 cm³/mol. The Hall–Kier alpha value is 0.236. The molecule has 1 N–H and O–H groups in total. The number of para-hydroxylation sites is 1. The van der Waals surface area contributed by atoms with Crippen molar-refractivity contribution in [3.05, 3.63) is 24.3 Å². The van der Waals surface area contributed by atoms with E-state index in [1.165, 1.54) is 18.2 Å². The van der Waals surface area contributed by atoms with E-state index in [1.807, 2.05) is 0 Å². The zero-order chi connectivity index (χ0) is 9.90. The summed E-state index contributed by atoms with van der Waals surface area (Å²) in [6.07, 6.45) is 0. The van der Waals surface area contributed by atoms with Crippen molar-refractivity contribution in [2.75, 3.05) is 0 Å². The molecule has 1 aromatic rings. The van der Waals surface area contributed by atoms with E-state index >= 15 is 0 Å². The number of benzene rings is 1. The Morgan fingerprint density at radius 3 is 2.43 bits per heavy atom. The van der Waals surface area contributed by atoms with Crippen LogP contribution in [0.3, 0.4) is 0 Å². The summed E-state index contributed by atoms with van der Waals surface area (Å²) in [5, 5.41) is 0. The molecule has 1 rings (SSSR count). The first kappa shape index (κ1) is 14.2. The van der Waals surface area contributed by atoms with E-state index in [2.05, 4.69) is 4.74 Å². The number of ether oxygens (including phenoxy) is 1. The summed E-state index contributed by atoms with van der Waals surface area (Å²) >= 11 is 0. The number of hydrogen-bond donors (Lipinski definition) is 1. The van der Waals surface area contributed by atoms with Gasteiger partial charge in [-0.05, 0) is 12.1 Å². The second-order valence-electron chi connectivity index (χ2n) is 2.14. The van der Waals surface area contributed by atoms with Crippen molar-refractivity contribution in [1.82, 2.24) is 0 Å². The summed E-state index contributed by atoms with van der Waals surface area (Å²) in [5.41, 5.74) is 0.